The van der Waals surface area contributed by atoms with Crippen molar-refractivity contribution in [2.75, 3.05) is 18.8 Å². The maximum Gasteiger partial charge on any atom is 0.167 e. The lowest BCUT2D eigenvalue weighted by atomic mass is 10.0. The van der Waals surface area contributed by atoms with Crippen LogP contribution in [-0.4, -0.2) is 45.5 Å². The van der Waals surface area contributed by atoms with Crippen molar-refractivity contribution >= 4 is 29.1 Å². The number of terminal acetylenes is 1. The Bertz CT molecular complexity index is 895. The van der Waals surface area contributed by atoms with E-state index in [2.05, 4.69) is 26.2 Å². The summed E-state index contributed by atoms with van der Waals surface area (Å²) in [7, 11) is 0. The molecule has 6 nitrogen and oxygen atoms in total. The average molecular weight is 397 g/mol. The van der Waals surface area contributed by atoms with Gasteiger partial charge in [0.25, 0.3) is 0 Å². The number of aromatic nitrogens is 2. The Labute approximate surface area is 169 Å². The third-order valence-corrected chi connectivity index (χ3v) is 4.86. The van der Waals surface area contributed by atoms with Gasteiger partial charge in [0.1, 0.15) is 17.2 Å². The summed E-state index contributed by atoms with van der Waals surface area (Å²) in [6.45, 7) is 4.06. The second-order valence-corrected chi connectivity index (χ2v) is 7.07. The average Bonchev–Trinajstić information content (AvgIpc) is 3.10. The minimum absolute atomic E-state index is 0.115. The molecule has 0 saturated heterocycles. The van der Waals surface area contributed by atoms with E-state index in [-0.39, 0.29) is 23.7 Å². The first-order valence-corrected chi connectivity index (χ1v) is 9.98. The van der Waals surface area contributed by atoms with Gasteiger partial charge in [0, 0.05) is 22.8 Å². The molecule has 7 heteroatoms. The number of amidine groups is 1. The lowest BCUT2D eigenvalue weighted by Crippen LogP contribution is -2.30. The molecule has 2 aromatic rings. The maximum absolute atomic E-state index is 12.2. The van der Waals surface area contributed by atoms with Crippen LogP contribution >= 0.6 is 11.8 Å². The van der Waals surface area contributed by atoms with Crippen molar-refractivity contribution in [2.24, 2.45) is 4.99 Å². The number of aliphatic hydroxyl groups is 1. The number of thioether (sulfide) groups is 1. The molecule has 0 aliphatic heterocycles. The van der Waals surface area contributed by atoms with E-state index in [1.54, 1.807) is 42.4 Å². The molecular formula is C21H24N4O2S. The van der Waals surface area contributed by atoms with Crippen molar-refractivity contribution in [2.45, 2.75) is 19.6 Å². The van der Waals surface area contributed by atoms with Crippen molar-refractivity contribution in [3.63, 3.8) is 0 Å². The van der Waals surface area contributed by atoms with Crippen LogP contribution in [0.1, 0.15) is 23.9 Å². The zero-order chi connectivity index (χ0) is 20.4. The summed E-state index contributed by atoms with van der Waals surface area (Å²) in [5.41, 5.74) is 2.76. The lowest BCUT2D eigenvalue weighted by Gasteiger charge is -2.13. The molecule has 0 amide bonds. The molecule has 0 unspecified atom stereocenters. The monoisotopic (exact) mass is 396 g/mol. The first-order valence-electron chi connectivity index (χ1n) is 8.83. The third kappa shape index (κ3) is 6.03. The van der Waals surface area contributed by atoms with Gasteiger partial charge in [-0.2, -0.15) is 11.8 Å². The van der Waals surface area contributed by atoms with Gasteiger partial charge in [0.05, 0.1) is 25.1 Å². The number of nitrogens with zero attached hydrogens (tertiary/aromatic N) is 2. The quantitative estimate of drug-likeness (QED) is 0.151. The van der Waals surface area contributed by atoms with Crippen LogP contribution in [0.25, 0.3) is 5.76 Å². The summed E-state index contributed by atoms with van der Waals surface area (Å²) >= 11 is 1.69. The van der Waals surface area contributed by atoms with Crippen LogP contribution in [0.5, 0.6) is 0 Å². The number of hydrogen-bond acceptors (Lipinski definition) is 5. The van der Waals surface area contributed by atoms with Crippen molar-refractivity contribution < 1.29 is 9.90 Å². The summed E-state index contributed by atoms with van der Waals surface area (Å²) in [5, 5.41) is 13.6. The second kappa shape index (κ2) is 11.0. The number of aryl methyl sites for hydroxylation is 1. The largest absolute Gasteiger partial charge is 0.506 e. The van der Waals surface area contributed by atoms with Crippen LogP contribution < -0.4 is 5.32 Å². The molecule has 0 saturated carbocycles. The third-order valence-electron chi connectivity index (χ3n) is 3.91. The molecule has 0 bridgehead atoms. The predicted molar refractivity (Wildman–Crippen MR) is 115 cm³/mol. The van der Waals surface area contributed by atoms with Crippen LogP contribution in [0.15, 0.2) is 47.2 Å². The molecule has 0 aliphatic carbocycles. The van der Waals surface area contributed by atoms with E-state index >= 15 is 0 Å². The highest BCUT2D eigenvalue weighted by atomic mass is 32.2. The van der Waals surface area contributed by atoms with E-state index in [1.807, 2.05) is 13.0 Å². The van der Waals surface area contributed by atoms with E-state index < -0.39 is 0 Å². The van der Waals surface area contributed by atoms with Gasteiger partial charge in [-0.1, -0.05) is 36.3 Å². The highest BCUT2D eigenvalue weighted by Crippen LogP contribution is 2.18. The lowest BCUT2D eigenvalue weighted by molar-refractivity contribution is -0.113. The number of carbonyl (C=O) groups is 1. The molecule has 0 radical (unpaired) electrons. The normalized spacial score (nSPS) is 12.2. The number of aliphatic imine (C=N–C) groups is 1. The van der Waals surface area contributed by atoms with E-state index in [9.17, 15) is 9.90 Å². The van der Waals surface area contributed by atoms with Gasteiger partial charge in [0.2, 0.25) is 0 Å². The van der Waals surface area contributed by atoms with Crippen LogP contribution in [0.4, 0.5) is 0 Å². The molecular weight excluding hydrogens is 372 g/mol. The molecule has 0 atom stereocenters. The van der Waals surface area contributed by atoms with Crippen LogP contribution in [0, 0.1) is 19.3 Å². The fourth-order valence-corrected chi connectivity index (χ4v) is 3.32. The predicted octanol–water partition coefficient (Wildman–Crippen LogP) is 3.13. The van der Waals surface area contributed by atoms with Crippen molar-refractivity contribution in [3.8, 4) is 12.3 Å². The van der Waals surface area contributed by atoms with Crippen molar-refractivity contribution in [1.29, 1.82) is 0 Å². The molecule has 28 heavy (non-hydrogen) atoms. The Kier molecular flexibility index (Phi) is 8.37. The second-order valence-electron chi connectivity index (χ2n) is 5.96. The van der Waals surface area contributed by atoms with E-state index in [4.69, 9.17) is 6.42 Å². The number of hydrogen-bond donors (Lipinski definition) is 3. The van der Waals surface area contributed by atoms with E-state index in [0.717, 1.165) is 22.9 Å². The number of Topliss-reactive ketones (excluding diaryl/α,β-unsaturated/α-hetero) is 1. The number of aromatic amines is 1. The summed E-state index contributed by atoms with van der Waals surface area (Å²) in [6.07, 6.45) is 7.02. The maximum atomic E-state index is 12.2. The standard InChI is InChI=1S/C21H24N4O2S/c1-4-10-22-21(23-11-12-28-13-18-15(2)24-14-25-18)19(16(3)26)20(27)17-8-6-5-7-9-17/h1,5-9,14,27H,10-13H2,2-3H3,(H,22,23)(H,24,25)/b20-19+. The summed E-state index contributed by atoms with van der Waals surface area (Å²) in [4.78, 5) is 24.1. The first-order chi connectivity index (χ1) is 13.5. The fraction of sp³-hybridized carbons (Fsp3) is 0.286. The Hall–Kier alpha value is -2.98. The highest BCUT2D eigenvalue weighted by Gasteiger charge is 2.19. The van der Waals surface area contributed by atoms with Gasteiger partial charge < -0.3 is 15.4 Å². The molecule has 1 heterocycles. The molecule has 0 fully saturated rings. The van der Waals surface area contributed by atoms with Gasteiger partial charge in [-0.3, -0.25) is 9.79 Å². The number of imidazole rings is 1. The van der Waals surface area contributed by atoms with Crippen LogP contribution in [-0.2, 0) is 10.5 Å². The Morgan fingerprint density at radius 2 is 2.14 bits per heavy atom. The number of aliphatic hydroxyl groups excluding tert-OH is 1. The Morgan fingerprint density at radius 3 is 2.75 bits per heavy atom. The molecule has 1 aromatic carbocycles. The van der Waals surface area contributed by atoms with Gasteiger partial charge in [-0.05, 0) is 13.8 Å². The number of rotatable bonds is 9. The number of nitrogens with one attached hydrogen (secondary N) is 2. The van der Waals surface area contributed by atoms with Crippen LogP contribution in [0.2, 0.25) is 0 Å². The minimum atomic E-state index is -0.288. The fourth-order valence-electron chi connectivity index (χ4n) is 2.47. The molecule has 0 spiro atoms. The number of benzene rings is 1. The SMILES string of the molecule is C#CCNC(=NCCSCc1nc[nH]c1C)/C(C(C)=O)=C(/O)c1ccccc1. The number of ketones is 1. The summed E-state index contributed by atoms with van der Waals surface area (Å²) in [5.74, 6) is 3.90. The van der Waals surface area contributed by atoms with Gasteiger partial charge in [0.15, 0.2) is 5.78 Å². The molecule has 1 aromatic heterocycles. The first kappa shape index (κ1) is 21.3. The van der Waals surface area contributed by atoms with Gasteiger partial charge in [-0.15, -0.1) is 6.42 Å². The summed E-state index contributed by atoms with van der Waals surface area (Å²) < 4.78 is 0. The van der Waals surface area contributed by atoms with Gasteiger partial charge >= 0.3 is 0 Å². The van der Waals surface area contributed by atoms with Crippen molar-refractivity contribution in [3.05, 3.63) is 59.2 Å². The molecule has 2 rings (SSSR count). The van der Waals surface area contributed by atoms with Crippen LogP contribution in [0.3, 0.4) is 0 Å². The Balaban J connectivity index is 2.14. The molecule has 146 valence electrons. The molecule has 0 aliphatic rings. The van der Waals surface area contributed by atoms with E-state index in [0.29, 0.717) is 17.9 Å². The minimum Gasteiger partial charge on any atom is -0.506 e. The Morgan fingerprint density at radius 1 is 1.39 bits per heavy atom. The smallest absolute Gasteiger partial charge is 0.167 e. The number of carbonyl (C=O) groups excluding carboxylic acids is 1. The van der Waals surface area contributed by atoms with E-state index in [1.165, 1.54) is 6.92 Å². The summed E-state index contributed by atoms with van der Waals surface area (Å²) in [6, 6.07) is 8.90. The molecule has 3 N–H and O–H groups in total. The van der Waals surface area contributed by atoms with Gasteiger partial charge in [-0.25, -0.2) is 4.98 Å². The topological polar surface area (TPSA) is 90.4 Å². The highest BCUT2D eigenvalue weighted by molar-refractivity contribution is 7.98. The zero-order valence-corrected chi connectivity index (χ0v) is 16.8. The van der Waals surface area contributed by atoms with Crippen molar-refractivity contribution in [1.82, 2.24) is 15.3 Å². The number of H-pyrrole nitrogens is 1. The zero-order valence-electron chi connectivity index (χ0n) is 16.0.